The van der Waals surface area contributed by atoms with E-state index in [2.05, 4.69) is 31.6 Å². The number of carbonyl (C=O) groups is 4. The molecule has 3 rings (SSSR count). The third kappa shape index (κ3) is 9.70. The van der Waals surface area contributed by atoms with Gasteiger partial charge < -0.3 is 23.7 Å². The van der Waals surface area contributed by atoms with Crippen LogP contribution in [0.5, 0.6) is 17.2 Å². The van der Waals surface area contributed by atoms with E-state index in [1.165, 1.54) is 6.08 Å². The van der Waals surface area contributed by atoms with Gasteiger partial charge in [0.05, 0.1) is 0 Å². The highest BCUT2D eigenvalue weighted by molar-refractivity contribution is 5.91. The van der Waals surface area contributed by atoms with Gasteiger partial charge in [-0.05, 0) is 59.2 Å². The van der Waals surface area contributed by atoms with Crippen LogP contribution in [-0.4, -0.2) is 37.3 Å². The number of carbonyl (C=O) groups excluding carboxylic acids is 4. The van der Waals surface area contributed by atoms with Gasteiger partial charge in [0, 0.05) is 30.1 Å². The molecule has 0 heterocycles. The minimum absolute atomic E-state index is 0.0847. The molecule has 212 valence electrons. The topological polar surface area (TPSA) is 114 Å². The molecular weight excluding hydrogens is 540 g/mol. The molecule has 0 atom stereocenters. The maximum absolute atomic E-state index is 12.2. The van der Waals surface area contributed by atoms with E-state index in [0.29, 0.717) is 11.1 Å². The summed E-state index contributed by atoms with van der Waals surface area (Å²) in [5.41, 5.74) is 2.86. The highest BCUT2D eigenvalue weighted by Crippen LogP contribution is 2.33. The molecule has 0 N–H and O–H groups in total. The summed E-state index contributed by atoms with van der Waals surface area (Å²) in [5.74, 6) is 3.75. The number of allylic oxidation sites excluding steroid dienone is 1. The molecule has 0 radical (unpaired) electrons. The Kier molecular flexibility index (Phi) is 11.4. The van der Waals surface area contributed by atoms with E-state index in [4.69, 9.17) is 23.7 Å². The third-order valence-electron chi connectivity index (χ3n) is 5.38. The number of hydrogen-bond donors (Lipinski definition) is 0. The number of benzene rings is 3. The molecule has 0 aliphatic rings. The summed E-state index contributed by atoms with van der Waals surface area (Å²) >= 11 is 0. The summed E-state index contributed by atoms with van der Waals surface area (Å²) in [6, 6.07) is 18.6. The van der Waals surface area contributed by atoms with Crippen molar-refractivity contribution in [1.82, 2.24) is 0 Å². The summed E-state index contributed by atoms with van der Waals surface area (Å²) in [4.78, 5) is 46.3. The lowest BCUT2D eigenvalue weighted by atomic mass is 10.1. The van der Waals surface area contributed by atoms with Gasteiger partial charge in [0.2, 0.25) is 13.6 Å². The van der Waals surface area contributed by atoms with Crippen LogP contribution in [0.4, 0.5) is 0 Å². The summed E-state index contributed by atoms with van der Waals surface area (Å²) in [7, 11) is 0. The van der Waals surface area contributed by atoms with Gasteiger partial charge in [0.25, 0.3) is 0 Å². The summed E-state index contributed by atoms with van der Waals surface area (Å²) in [6.45, 7) is 9.29. The van der Waals surface area contributed by atoms with Crippen molar-refractivity contribution in [2.24, 2.45) is 0 Å². The molecule has 0 saturated heterocycles. The van der Waals surface area contributed by atoms with E-state index < -0.39 is 31.5 Å². The molecular formula is C33H26O9. The van der Waals surface area contributed by atoms with Gasteiger partial charge in [-0.15, -0.1) is 0 Å². The molecule has 0 bridgehead atoms. The Hall–Kier alpha value is -5.88. The van der Waals surface area contributed by atoms with Crippen molar-refractivity contribution in [2.75, 3.05) is 13.6 Å². The molecule has 0 aromatic heterocycles. The van der Waals surface area contributed by atoms with Gasteiger partial charge in [-0.3, -0.25) is 4.79 Å². The van der Waals surface area contributed by atoms with Crippen LogP contribution in [0.2, 0.25) is 0 Å². The van der Waals surface area contributed by atoms with E-state index in [1.807, 2.05) is 0 Å². The predicted octanol–water partition coefficient (Wildman–Crippen LogP) is 4.74. The van der Waals surface area contributed by atoms with Crippen LogP contribution in [0.3, 0.4) is 0 Å². The molecule has 0 saturated carbocycles. The second-order valence-electron chi connectivity index (χ2n) is 8.23. The molecule has 3 aromatic rings. The third-order valence-corrected chi connectivity index (χ3v) is 5.38. The Bertz CT molecular complexity index is 1540. The molecule has 0 aliphatic heterocycles. The standard InChI is InChI=1S/C33H26O9/c1-4-27(34)19-24-9-7-23(8-10-24)11-18-33(37)42-28-15-12-25(13-16-28)26-14-17-29(38-21-40-31(35)5-2)30(20-26)39-22-41-32(36)6-3/h4-10,12-17,20H,1-3,19,21-22H2. The average molecular weight is 567 g/mol. The van der Waals surface area contributed by atoms with Crippen molar-refractivity contribution >= 4 is 23.7 Å². The lowest BCUT2D eigenvalue weighted by Crippen LogP contribution is -2.11. The largest absolute Gasteiger partial charge is 0.453 e. The first-order chi connectivity index (χ1) is 20.3. The first-order valence-electron chi connectivity index (χ1n) is 12.4. The smallest absolute Gasteiger partial charge is 0.390 e. The van der Waals surface area contributed by atoms with Crippen LogP contribution in [0, 0.1) is 11.8 Å². The van der Waals surface area contributed by atoms with E-state index >= 15 is 0 Å². The van der Waals surface area contributed by atoms with E-state index in [-0.39, 0.29) is 29.5 Å². The molecule has 0 fully saturated rings. The van der Waals surface area contributed by atoms with Crippen LogP contribution in [0.15, 0.2) is 105 Å². The number of rotatable bonds is 13. The molecule has 0 spiro atoms. The van der Waals surface area contributed by atoms with Crippen molar-refractivity contribution in [3.63, 3.8) is 0 Å². The number of esters is 3. The normalized spacial score (nSPS) is 9.71. The molecule has 9 heteroatoms. The zero-order valence-corrected chi connectivity index (χ0v) is 22.5. The number of ketones is 1. The van der Waals surface area contributed by atoms with Crippen LogP contribution in [0.1, 0.15) is 11.1 Å². The van der Waals surface area contributed by atoms with Crippen LogP contribution in [0.25, 0.3) is 11.1 Å². The summed E-state index contributed by atoms with van der Waals surface area (Å²) in [5, 5.41) is 0. The number of hydrogen-bond acceptors (Lipinski definition) is 9. The van der Waals surface area contributed by atoms with Crippen molar-refractivity contribution < 1.29 is 42.9 Å². The SMILES string of the molecule is C=CC(=O)Cc1ccc(C#CC(=O)Oc2ccc(-c3ccc(OCOC(=O)C=C)c(OCOC(=O)C=C)c3)cc2)cc1. The minimum Gasteiger partial charge on any atom is -0.453 e. The predicted molar refractivity (Wildman–Crippen MR) is 153 cm³/mol. The summed E-state index contributed by atoms with van der Waals surface area (Å²) < 4.78 is 26.0. The van der Waals surface area contributed by atoms with Gasteiger partial charge in [-0.1, -0.05) is 56.0 Å². The van der Waals surface area contributed by atoms with E-state index in [9.17, 15) is 19.2 Å². The Morgan fingerprint density at radius 3 is 1.88 bits per heavy atom. The molecule has 0 amide bonds. The van der Waals surface area contributed by atoms with Gasteiger partial charge >= 0.3 is 17.9 Å². The second kappa shape index (κ2) is 15.6. The maximum Gasteiger partial charge on any atom is 0.390 e. The monoisotopic (exact) mass is 566 g/mol. The maximum atomic E-state index is 12.2. The van der Waals surface area contributed by atoms with E-state index in [1.54, 1.807) is 66.7 Å². The van der Waals surface area contributed by atoms with Crippen LogP contribution >= 0.6 is 0 Å². The minimum atomic E-state index is -0.739. The van der Waals surface area contributed by atoms with Crippen LogP contribution in [-0.2, 0) is 35.1 Å². The second-order valence-corrected chi connectivity index (χ2v) is 8.23. The lowest BCUT2D eigenvalue weighted by Gasteiger charge is -2.14. The van der Waals surface area contributed by atoms with Crippen molar-refractivity contribution in [2.45, 2.75) is 6.42 Å². The lowest BCUT2D eigenvalue weighted by molar-refractivity contribution is -0.146. The molecule has 3 aromatic carbocycles. The molecule has 0 aliphatic carbocycles. The van der Waals surface area contributed by atoms with Crippen molar-refractivity contribution in [3.05, 3.63) is 116 Å². The quantitative estimate of drug-likeness (QED) is 0.0951. The molecule has 0 unspecified atom stereocenters. The highest BCUT2D eigenvalue weighted by atomic mass is 16.7. The fraction of sp³-hybridized carbons (Fsp3) is 0.0909. The Morgan fingerprint density at radius 2 is 1.29 bits per heavy atom. The van der Waals surface area contributed by atoms with Gasteiger partial charge in [0.1, 0.15) is 5.75 Å². The fourth-order valence-corrected chi connectivity index (χ4v) is 3.29. The number of ether oxygens (including phenoxy) is 5. The fourth-order valence-electron chi connectivity index (χ4n) is 3.29. The Labute approximate surface area is 242 Å². The van der Waals surface area contributed by atoms with Crippen molar-refractivity contribution in [3.8, 4) is 40.2 Å². The Balaban J connectivity index is 1.66. The van der Waals surface area contributed by atoms with Gasteiger partial charge in [-0.2, -0.15) is 0 Å². The van der Waals surface area contributed by atoms with Gasteiger partial charge in [-0.25, -0.2) is 14.4 Å². The summed E-state index contributed by atoms with van der Waals surface area (Å²) in [6.07, 6.45) is 3.52. The van der Waals surface area contributed by atoms with Gasteiger partial charge in [0.15, 0.2) is 17.3 Å². The Morgan fingerprint density at radius 1 is 0.690 bits per heavy atom. The van der Waals surface area contributed by atoms with Crippen molar-refractivity contribution in [1.29, 1.82) is 0 Å². The first kappa shape index (κ1) is 30.7. The molecule has 42 heavy (non-hydrogen) atoms. The van der Waals surface area contributed by atoms with Crippen LogP contribution < -0.4 is 14.2 Å². The zero-order chi connectivity index (χ0) is 30.3. The molecule has 9 nitrogen and oxygen atoms in total. The first-order valence-corrected chi connectivity index (χ1v) is 12.4. The zero-order valence-electron chi connectivity index (χ0n) is 22.5. The van der Waals surface area contributed by atoms with E-state index in [0.717, 1.165) is 23.3 Å². The average Bonchev–Trinajstić information content (AvgIpc) is 3.01. The highest BCUT2D eigenvalue weighted by Gasteiger charge is 2.11.